The summed E-state index contributed by atoms with van der Waals surface area (Å²) in [5.41, 5.74) is 2.32. The van der Waals surface area contributed by atoms with Gasteiger partial charge in [0.05, 0.1) is 17.0 Å². The monoisotopic (exact) mass is 380 g/mol. The summed E-state index contributed by atoms with van der Waals surface area (Å²) in [6, 6.07) is 12.0. The molecule has 0 saturated heterocycles. The molecule has 0 aliphatic carbocycles. The molecule has 2 N–H and O–H groups in total. The third-order valence-electron chi connectivity index (χ3n) is 3.53. The van der Waals surface area contributed by atoms with Crippen LogP contribution in [0, 0.1) is 0 Å². The first-order chi connectivity index (χ1) is 11.5. The van der Waals surface area contributed by atoms with Gasteiger partial charge in [-0.15, -0.1) is 0 Å². The van der Waals surface area contributed by atoms with E-state index in [1.54, 1.807) is 0 Å². The summed E-state index contributed by atoms with van der Waals surface area (Å²) in [5, 5.41) is 3.01. The average Bonchev–Trinajstić information content (AvgIpc) is 2.47. The fourth-order valence-corrected chi connectivity index (χ4v) is 2.99. The first-order valence-electron chi connectivity index (χ1n) is 7.65. The minimum atomic E-state index is -3.49. The second-order valence-corrected chi connectivity index (χ2v) is 9.01. The van der Waals surface area contributed by atoms with Crippen LogP contribution in [0.3, 0.4) is 0 Å². The van der Waals surface area contributed by atoms with E-state index in [1.807, 2.05) is 24.3 Å². The number of hydrogen-bond acceptors (Lipinski definition) is 3. The van der Waals surface area contributed by atoms with Crippen LogP contribution in [0.2, 0.25) is 5.02 Å². The third kappa shape index (κ3) is 5.47. The van der Waals surface area contributed by atoms with E-state index >= 15 is 0 Å². The molecule has 0 radical (unpaired) electrons. The molecule has 1 amide bonds. The van der Waals surface area contributed by atoms with Crippen molar-refractivity contribution in [2.45, 2.75) is 26.2 Å². The van der Waals surface area contributed by atoms with Crippen LogP contribution in [0.25, 0.3) is 0 Å². The highest BCUT2D eigenvalue weighted by Gasteiger charge is 2.14. The van der Waals surface area contributed by atoms with Crippen LogP contribution in [0.15, 0.2) is 42.5 Å². The van der Waals surface area contributed by atoms with Crippen LogP contribution in [0.5, 0.6) is 0 Å². The number of nitrogens with one attached hydrogen (secondary N) is 2. The lowest BCUT2D eigenvalue weighted by atomic mass is 9.87. The Hall–Kier alpha value is -2.05. The maximum atomic E-state index is 12.4. The summed E-state index contributed by atoms with van der Waals surface area (Å²) in [5.74, 6) is -0.350. The Bertz CT molecular complexity index is 886. The van der Waals surface area contributed by atoms with Crippen LogP contribution < -0.4 is 10.0 Å². The van der Waals surface area contributed by atoms with Crippen molar-refractivity contribution in [2.75, 3.05) is 16.3 Å². The molecule has 0 aromatic heterocycles. The molecule has 2 rings (SSSR count). The molecule has 0 spiro atoms. The van der Waals surface area contributed by atoms with Crippen molar-refractivity contribution in [3.8, 4) is 0 Å². The predicted molar refractivity (Wildman–Crippen MR) is 103 cm³/mol. The van der Waals surface area contributed by atoms with Gasteiger partial charge < -0.3 is 5.32 Å². The molecule has 134 valence electrons. The van der Waals surface area contributed by atoms with Gasteiger partial charge in [-0.1, -0.05) is 44.5 Å². The first kappa shape index (κ1) is 19.3. The van der Waals surface area contributed by atoms with Crippen LogP contribution in [0.1, 0.15) is 36.7 Å². The zero-order valence-corrected chi connectivity index (χ0v) is 16.1. The highest BCUT2D eigenvalue weighted by atomic mass is 35.5. The van der Waals surface area contributed by atoms with Gasteiger partial charge >= 0.3 is 0 Å². The summed E-state index contributed by atoms with van der Waals surface area (Å²) in [6.07, 6.45) is 1.02. The lowest BCUT2D eigenvalue weighted by Crippen LogP contribution is -2.15. The standard InChI is InChI=1S/C18H21ClN2O3S/c1-18(2,3)13-6-8-14(9-7-13)20-17(22)12-5-10-15(19)16(11-12)21-25(4,23)24/h5-11,21H,1-4H3,(H,20,22). The minimum Gasteiger partial charge on any atom is -0.322 e. The Morgan fingerprint density at radius 3 is 2.16 bits per heavy atom. The Balaban J connectivity index is 2.19. The summed E-state index contributed by atoms with van der Waals surface area (Å²) in [6.45, 7) is 6.35. The van der Waals surface area contributed by atoms with E-state index in [4.69, 9.17) is 11.6 Å². The molecule has 0 aliphatic rings. The molecule has 25 heavy (non-hydrogen) atoms. The smallest absolute Gasteiger partial charge is 0.255 e. The number of benzene rings is 2. The second kappa shape index (κ2) is 7.06. The van der Waals surface area contributed by atoms with Crippen LogP contribution in [-0.4, -0.2) is 20.6 Å². The highest BCUT2D eigenvalue weighted by Crippen LogP contribution is 2.26. The van der Waals surface area contributed by atoms with Gasteiger partial charge in [0, 0.05) is 11.3 Å². The van der Waals surface area contributed by atoms with Crippen molar-refractivity contribution >= 4 is 38.9 Å². The van der Waals surface area contributed by atoms with E-state index in [0.29, 0.717) is 11.3 Å². The number of hydrogen-bond donors (Lipinski definition) is 2. The molecule has 0 saturated carbocycles. The van der Waals surface area contributed by atoms with Gasteiger partial charge in [0.2, 0.25) is 10.0 Å². The van der Waals surface area contributed by atoms with E-state index in [2.05, 4.69) is 30.8 Å². The van der Waals surface area contributed by atoms with Crippen molar-refractivity contribution in [3.63, 3.8) is 0 Å². The number of anilines is 2. The van der Waals surface area contributed by atoms with Crippen molar-refractivity contribution < 1.29 is 13.2 Å². The van der Waals surface area contributed by atoms with Crippen LogP contribution in [-0.2, 0) is 15.4 Å². The molecule has 0 fully saturated rings. The molecule has 0 aliphatic heterocycles. The Labute approximate surface area is 153 Å². The number of sulfonamides is 1. The van der Waals surface area contributed by atoms with Crippen molar-refractivity contribution in [1.29, 1.82) is 0 Å². The van der Waals surface area contributed by atoms with E-state index in [9.17, 15) is 13.2 Å². The van der Waals surface area contributed by atoms with Gasteiger partial charge in [-0.05, 0) is 41.3 Å². The molecular weight excluding hydrogens is 360 g/mol. The SMILES string of the molecule is CC(C)(C)c1ccc(NC(=O)c2ccc(Cl)c(NS(C)(=O)=O)c2)cc1. The van der Waals surface area contributed by atoms with Gasteiger partial charge in [-0.3, -0.25) is 9.52 Å². The molecule has 0 bridgehead atoms. The second-order valence-electron chi connectivity index (χ2n) is 6.85. The van der Waals surface area contributed by atoms with E-state index in [0.717, 1.165) is 11.8 Å². The van der Waals surface area contributed by atoms with Gasteiger partial charge in [-0.2, -0.15) is 0 Å². The highest BCUT2D eigenvalue weighted by molar-refractivity contribution is 7.92. The fraction of sp³-hybridized carbons (Fsp3) is 0.278. The Morgan fingerprint density at radius 1 is 1.04 bits per heavy atom. The predicted octanol–water partition coefficient (Wildman–Crippen LogP) is 4.26. The number of halogens is 1. The Kier molecular flexibility index (Phi) is 5.44. The van der Waals surface area contributed by atoms with Crippen molar-refractivity contribution in [3.05, 3.63) is 58.6 Å². The van der Waals surface area contributed by atoms with Gasteiger partial charge in [0.25, 0.3) is 5.91 Å². The molecule has 2 aromatic carbocycles. The zero-order chi connectivity index (χ0) is 18.8. The van der Waals surface area contributed by atoms with E-state index in [-0.39, 0.29) is 22.0 Å². The molecular formula is C18H21ClN2O3S. The molecule has 5 nitrogen and oxygen atoms in total. The summed E-state index contributed by atoms with van der Waals surface area (Å²) >= 11 is 5.97. The largest absolute Gasteiger partial charge is 0.322 e. The topological polar surface area (TPSA) is 75.3 Å². The summed E-state index contributed by atoms with van der Waals surface area (Å²) < 4.78 is 25.0. The lowest BCUT2D eigenvalue weighted by molar-refractivity contribution is 0.102. The number of rotatable bonds is 4. The van der Waals surface area contributed by atoms with E-state index < -0.39 is 10.0 Å². The van der Waals surface area contributed by atoms with Crippen molar-refractivity contribution in [2.24, 2.45) is 0 Å². The first-order valence-corrected chi connectivity index (χ1v) is 9.92. The maximum Gasteiger partial charge on any atom is 0.255 e. The number of carbonyl (C=O) groups is 1. The summed E-state index contributed by atoms with van der Waals surface area (Å²) in [7, 11) is -3.49. The fourth-order valence-electron chi connectivity index (χ4n) is 2.20. The summed E-state index contributed by atoms with van der Waals surface area (Å²) in [4.78, 5) is 12.4. The number of amides is 1. The zero-order valence-electron chi connectivity index (χ0n) is 14.6. The lowest BCUT2D eigenvalue weighted by Gasteiger charge is -2.19. The maximum absolute atomic E-state index is 12.4. The van der Waals surface area contributed by atoms with Gasteiger partial charge in [0.15, 0.2) is 0 Å². The van der Waals surface area contributed by atoms with E-state index in [1.165, 1.54) is 18.2 Å². The van der Waals surface area contributed by atoms with Crippen LogP contribution in [0.4, 0.5) is 11.4 Å². The molecule has 0 atom stereocenters. The van der Waals surface area contributed by atoms with Gasteiger partial charge in [-0.25, -0.2) is 8.42 Å². The normalized spacial score (nSPS) is 11.9. The molecule has 2 aromatic rings. The Morgan fingerprint density at radius 2 is 1.64 bits per heavy atom. The third-order valence-corrected chi connectivity index (χ3v) is 4.45. The molecule has 0 unspecified atom stereocenters. The quantitative estimate of drug-likeness (QED) is 0.832. The molecule has 0 heterocycles. The molecule has 7 heteroatoms. The van der Waals surface area contributed by atoms with Gasteiger partial charge in [0.1, 0.15) is 0 Å². The minimum absolute atomic E-state index is 0.0327. The van der Waals surface area contributed by atoms with Crippen LogP contribution >= 0.6 is 11.6 Å². The number of carbonyl (C=O) groups excluding carboxylic acids is 1. The van der Waals surface area contributed by atoms with Crippen molar-refractivity contribution in [1.82, 2.24) is 0 Å². The average molecular weight is 381 g/mol.